The summed E-state index contributed by atoms with van der Waals surface area (Å²) in [6.07, 6.45) is 1.61. The van der Waals surface area contributed by atoms with Crippen LogP contribution in [0.5, 0.6) is 0 Å². The van der Waals surface area contributed by atoms with E-state index < -0.39 is 0 Å². The van der Waals surface area contributed by atoms with Crippen LogP contribution in [0.1, 0.15) is 32.6 Å². The van der Waals surface area contributed by atoms with E-state index in [1.54, 1.807) is 48.0 Å². The van der Waals surface area contributed by atoms with E-state index in [-0.39, 0.29) is 17.2 Å². The number of nitrogens with zero attached hydrogens (tertiary/aromatic N) is 1. The lowest BCUT2D eigenvalue weighted by molar-refractivity contribution is -0.128. The first-order valence-corrected chi connectivity index (χ1v) is 13.3. The molecule has 1 unspecified atom stereocenters. The van der Waals surface area contributed by atoms with Gasteiger partial charge in [0.05, 0.1) is 18.6 Å². The Morgan fingerprint density at radius 3 is 2.73 bits per heavy atom. The van der Waals surface area contributed by atoms with E-state index in [4.69, 9.17) is 27.6 Å². The van der Waals surface area contributed by atoms with Gasteiger partial charge in [-0.3, -0.25) is 9.59 Å². The molecule has 0 bridgehead atoms. The zero-order valence-corrected chi connectivity index (χ0v) is 20.8. The Labute approximate surface area is 211 Å². The minimum Gasteiger partial charge on any atom is -0.467 e. The predicted octanol–water partition coefficient (Wildman–Crippen LogP) is 6.02. The van der Waals surface area contributed by atoms with E-state index in [0.717, 1.165) is 28.4 Å². The van der Waals surface area contributed by atoms with Crippen molar-refractivity contribution in [1.29, 1.82) is 0 Å². The summed E-state index contributed by atoms with van der Waals surface area (Å²) in [5.41, 5.74) is 2.61. The summed E-state index contributed by atoms with van der Waals surface area (Å²) < 4.78 is 5.40. The Bertz CT molecular complexity index is 1110. The molecular weight excluding hydrogens is 499 g/mol. The molecule has 2 aromatic carbocycles. The molecule has 1 aliphatic rings. The van der Waals surface area contributed by atoms with Crippen LogP contribution in [0.25, 0.3) is 0 Å². The Balaban J connectivity index is 1.26. The fraction of sp³-hybridized carbons (Fsp3) is 0.250. The summed E-state index contributed by atoms with van der Waals surface area (Å²) in [6.45, 7) is 0.991. The Morgan fingerprint density at radius 1 is 1.18 bits per heavy atom. The van der Waals surface area contributed by atoms with Crippen molar-refractivity contribution in [2.24, 2.45) is 0 Å². The summed E-state index contributed by atoms with van der Waals surface area (Å²) in [7, 11) is 0. The minimum absolute atomic E-state index is 0.0839. The maximum absolute atomic E-state index is 12.5. The minimum atomic E-state index is -0.116. The van der Waals surface area contributed by atoms with Crippen LogP contribution in [-0.2, 0) is 17.1 Å². The first kappa shape index (κ1) is 24.1. The summed E-state index contributed by atoms with van der Waals surface area (Å²) in [4.78, 5) is 26.6. The van der Waals surface area contributed by atoms with E-state index in [1.807, 2.05) is 41.3 Å². The molecule has 4 rings (SSSR count). The quantitative estimate of drug-likeness (QED) is 0.349. The number of amides is 2. The molecule has 2 amide bonds. The largest absolute Gasteiger partial charge is 0.467 e. The molecule has 1 fully saturated rings. The normalized spacial score (nSPS) is 15.8. The van der Waals surface area contributed by atoms with Gasteiger partial charge < -0.3 is 14.6 Å². The summed E-state index contributed by atoms with van der Waals surface area (Å²) in [5.74, 6) is 2.68. The van der Waals surface area contributed by atoms with Crippen molar-refractivity contribution in [2.45, 2.75) is 17.7 Å². The van der Waals surface area contributed by atoms with Crippen molar-refractivity contribution in [3.8, 4) is 0 Å². The topological polar surface area (TPSA) is 62.6 Å². The first-order chi connectivity index (χ1) is 16.0. The average molecular weight is 521 g/mol. The third kappa shape index (κ3) is 6.29. The van der Waals surface area contributed by atoms with Gasteiger partial charge in [-0.05, 0) is 47.5 Å². The van der Waals surface area contributed by atoms with Gasteiger partial charge in [0.25, 0.3) is 5.91 Å². The fourth-order valence-corrected chi connectivity index (χ4v) is 6.04. The SMILES string of the molecule is O=C(NCCSCc1ccc(Cl)cc1Cl)c1ccc(C2SCC(=O)N2Cc2ccco2)cc1. The van der Waals surface area contributed by atoms with Crippen LogP contribution < -0.4 is 5.32 Å². The van der Waals surface area contributed by atoms with Crippen LogP contribution in [0.2, 0.25) is 10.0 Å². The lowest BCUT2D eigenvalue weighted by Crippen LogP contribution is -2.28. The highest BCUT2D eigenvalue weighted by molar-refractivity contribution is 8.00. The van der Waals surface area contributed by atoms with Crippen LogP contribution in [0, 0.1) is 0 Å². The molecule has 0 radical (unpaired) electrons. The van der Waals surface area contributed by atoms with E-state index in [2.05, 4.69) is 5.32 Å². The molecule has 0 aliphatic carbocycles. The number of rotatable bonds is 9. The van der Waals surface area contributed by atoms with Crippen LogP contribution in [0.3, 0.4) is 0 Å². The van der Waals surface area contributed by atoms with Crippen LogP contribution in [0.4, 0.5) is 0 Å². The molecule has 172 valence electrons. The standard InChI is InChI=1S/C24H22Cl2N2O3S2/c25-19-8-7-18(21(26)12-19)14-32-11-9-27-23(30)16-3-5-17(6-4-16)24-28(22(29)15-33-24)13-20-2-1-10-31-20/h1-8,10,12,24H,9,11,13-15H2,(H,27,30). The van der Waals surface area contributed by atoms with Gasteiger partial charge in [-0.15, -0.1) is 11.8 Å². The van der Waals surface area contributed by atoms with Gasteiger partial charge in [0.2, 0.25) is 5.91 Å². The number of furan rings is 1. The number of carbonyl (C=O) groups excluding carboxylic acids is 2. The number of halogens is 2. The molecule has 5 nitrogen and oxygen atoms in total. The molecule has 1 N–H and O–H groups in total. The third-order valence-electron chi connectivity index (χ3n) is 5.14. The summed E-state index contributed by atoms with van der Waals surface area (Å²) in [5, 5.41) is 4.14. The van der Waals surface area contributed by atoms with Crippen LogP contribution >= 0.6 is 46.7 Å². The van der Waals surface area contributed by atoms with Crippen molar-refractivity contribution in [1.82, 2.24) is 10.2 Å². The van der Waals surface area contributed by atoms with Crippen LogP contribution in [-0.4, -0.2) is 34.8 Å². The number of hydrogen-bond acceptors (Lipinski definition) is 5. The number of thioether (sulfide) groups is 2. The number of carbonyl (C=O) groups is 2. The van der Waals surface area contributed by atoms with Crippen molar-refractivity contribution >= 4 is 58.5 Å². The van der Waals surface area contributed by atoms with E-state index in [0.29, 0.717) is 34.5 Å². The van der Waals surface area contributed by atoms with Gasteiger partial charge in [-0.1, -0.05) is 41.4 Å². The average Bonchev–Trinajstić information content (AvgIpc) is 3.45. The van der Waals surface area contributed by atoms with E-state index >= 15 is 0 Å². The zero-order valence-electron chi connectivity index (χ0n) is 17.6. The second kappa shape index (κ2) is 11.4. The van der Waals surface area contributed by atoms with Gasteiger partial charge in [0.1, 0.15) is 11.1 Å². The van der Waals surface area contributed by atoms with E-state index in [1.165, 1.54) is 0 Å². The number of hydrogen-bond donors (Lipinski definition) is 1. The van der Waals surface area contributed by atoms with Crippen molar-refractivity contribution in [3.63, 3.8) is 0 Å². The maximum atomic E-state index is 12.5. The Hall–Kier alpha value is -2.06. The molecule has 0 spiro atoms. The summed E-state index contributed by atoms with van der Waals surface area (Å²) in [6, 6.07) is 16.6. The van der Waals surface area contributed by atoms with Crippen molar-refractivity contribution in [2.75, 3.05) is 18.1 Å². The van der Waals surface area contributed by atoms with E-state index in [9.17, 15) is 9.59 Å². The van der Waals surface area contributed by atoms with Gasteiger partial charge in [-0.2, -0.15) is 11.8 Å². The van der Waals surface area contributed by atoms with Crippen LogP contribution in [0.15, 0.2) is 65.3 Å². The molecular formula is C24H22Cl2N2O3S2. The van der Waals surface area contributed by atoms with Gasteiger partial charge in [0, 0.05) is 33.7 Å². The number of benzene rings is 2. The predicted molar refractivity (Wildman–Crippen MR) is 136 cm³/mol. The third-order valence-corrected chi connectivity index (χ3v) is 7.99. The highest BCUT2D eigenvalue weighted by Crippen LogP contribution is 2.39. The Morgan fingerprint density at radius 2 is 2.00 bits per heavy atom. The Kier molecular flexibility index (Phi) is 8.30. The molecule has 3 aromatic rings. The molecule has 1 aliphatic heterocycles. The van der Waals surface area contributed by atoms with Gasteiger partial charge >= 0.3 is 0 Å². The molecule has 33 heavy (non-hydrogen) atoms. The summed E-state index contributed by atoms with van der Waals surface area (Å²) >= 11 is 15.4. The van der Waals surface area contributed by atoms with Crippen molar-refractivity contribution in [3.05, 3.63) is 93.4 Å². The molecule has 2 heterocycles. The van der Waals surface area contributed by atoms with Crippen molar-refractivity contribution < 1.29 is 14.0 Å². The maximum Gasteiger partial charge on any atom is 0.251 e. The highest BCUT2D eigenvalue weighted by atomic mass is 35.5. The van der Waals surface area contributed by atoms with Gasteiger partial charge in [-0.25, -0.2) is 0 Å². The lowest BCUT2D eigenvalue weighted by atomic mass is 10.1. The monoisotopic (exact) mass is 520 g/mol. The highest BCUT2D eigenvalue weighted by Gasteiger charge is 2.33. The smallest absolute Gasteiger partial charge is 0.251 e. The molecule has 1 saturated heterocycles. The lowest BCUT2D eigenvalue weighted by Gasteiger charge is -2.23. The molecule has 9 heteroatoms. The second-order valence-electron chi connectivity index (χ2n) is 7.43. The molecule has 1 atom stereocenters. The first-order valence-electron chi connectivity index (χ1n) is 10.3. The fourth-order valence-electron chi connectivity index (χ4n) is 3.43. The molecule has 0 saturated carbocycles. The number of nitrogens with one attached hydrogen (secondary N) is 1. The molecule has 1 aromatic heterocycles. The zero-order chi connectivity index (χ0) is 23.2. The van der Waals surface area contributed by atoms with Gasteiger partial charge in [0.15, 0.2) is 0 Å². The second-order valence-corrected chi connectivity index (χ2v) is 10.4.